The summed E-state index contributed by atoms with van der Waals surface area (Å²) in [5.74, 6) is 0.446. The molecule has 0 aliphatic carbocycles. The van der Waals surface area contributed by atoms with E-state index in [2.05, 4.69) is 10.6 Å². The SMILES string of the molecule is CC(C)(C(=O)N1CCCNC(=O)C1)C1CCCNC1. The molecule has 0 aromatic carbocycles. The number of carbonyl (C=O) groups excluding carboxylic acids is 2. The summed E-state index contributed by atoms with van der Waals surface area (Å²) < 4.78 is 0. The van der Waals surface area contributed by atoms with Crippen LogP contribution in [0, 0.1) is 11.3 Å². The van der Waals surface area contributed by atoms with Gasteiger partial charge in [0.1, 0.15) is 0 Å². The van der Waals surface area contributed by atoms with Gasteiger partial charge in [-0.1, -0.05) is 13.8 Å². The minimum absolute atomic E-state index is 0.0385. The number of hydrogen-bond donors (Lipinski definition) is 2. The second-order valence-corrected chi connectivity index (χ2v) is 6.20. The molecule has 5 heteroatoms. The predicted octanol–water partition coefficient (Wildman–Crippen LogP) is 0.361. The number of nitrogens with zero attached hydrogens (tertiary/aromatic N) is 1. The molecule has 1 atom stereocenters. The Morgan fingerprint density at radius 1 is 1.32 bits per heavy atom. The molecular weight excluding hydrogens is 242 g/mol. The van der Waals surface area contributed by atoms with Crippen LogP contribution in [0.3, 0.4) is 0 Å². The molecule has 2 rings (SSSR count). The number of amides is 2. The maximum absolute atomic E-state index is 12.7. The Bertz CT molecular complexity index is 349. The number of carbonyl (C=O) groups is 2. The molecular formula is C14H25N3O2. The lowest BCUT2D eigenvalue weighted by atomic mass is 9.74. The highest BCUT2D eigenvalue weighted by molar-refractivity contribution is 5.88. The van der Waals surface area contributed by atoms with Crippen molar-refractivity contribution in [2.75, 3.05) is 32.7 Å². The van der Waals surface area contributed by atoms with Gasteiger partial charge in [-0.05, 0) is 38.3 Å². The molecule has 2 aliphatic rings. The Morgan fingerprint density at radius 3 is 2.79 bits per heavy atom. The summed E-state index contributed by atoms with van der Waals surface area (Å²) in [4.78, 5) is 26.1. The lowest BCUT2D eigenvalue weighted by Gasteiger charge is -2.39. The topological polar surface area (TPSA) is 61.4 Å². The van der Waals surface area contributed by atoms with Crippen molar-refractivity contribution in [2.24, 2.45) is 11.3 Å². The van der Waals surface area contributed by atoms with Gasteiger partial charge in [-0.3, -0.25) is 9.59 Å². The molecule has 108 valence electrons. The van der Waals surface area contributed by atoms with Gasteiger partial charge in [0.25, 0.3) is 0 Å². The summed E-state index contributed by atoms with van der Waals surface area (Å²) in [5, 5.41) is 6.19. The number of hydrogen-bond acceptors (Lipinski definition) is 3. The molecule has 0 spiro atoms. The smallest absolute Gasteiger partial charge is 0.239 e. The highest BCUT2D eigenvalue weighted by atomic mass is 16.2. The normalized spacial score (nSPS) is 25.7. The maximum atomic E-state index is 12.7. The molecule has 0 aromatic rings. The van der Waals surface area contributed by atoms with Crippen molar-refractivity contribution in [3.8, 4) is 0 Å². The minimum atomic E-state index is -0.391. The zero-order chi connectivity index (χ0) is 13.9. The van der Waals surface area contributed by atoms with Gasteiger partial charge in [-0.15, -0.1) is 0 Å². The molecule has 1 unspecified atom stereocenters. The minimum Gasteiger partial charge on any atom is -0.354 e. The highest BCUT2D eigenvalue weighted by Crippen LogP contribution is 2.33. The van der Waals surface area contributed by atoms with E-state index >= 15 is 0 Å². The summed E-state index contributed by atoms with van der Waals surface area (Å²) >= 11 is 0. The standard InChI is InChI=1S/C14H25N3O2/c1-14(2,11-5-3-6-15-9-11)13(19)17-8-4-7-16-12(18)10-17/h11,15H,3-10H2,1-2H3,(H,16,18). The number of piperidine rings is 1. The third-order valence-corrected chi connectivity index (χ3v) is 4.42. The van der Waals surface area contributed by atoms with Crippen LogP contribution in [0.4, 0.5) is 0 Å². The third kappa shape index (κ3) is 3.26. The molecule has 2 saturated heterocycles. The van der Waals surface area contributed by atoms with Gasteiger partial charge < -0.3 is 15.5 Å². The van der Waals surface area contributed by atoms with Crippen molar-refractivity contribution >= 4 is 11.8 Å². The molecule has 19 heavy (non-hydrogen) atoms. The molecule has 2 fully saturated rings. The summed E-state index contributed by atoms with van der Waals surface area (Å²) in [6.45, 7) is 7.56. The predicted molar refractivity (Wildman–Crippen MR) is 73.6 cm³/mol. The van der Waals surface area contributed by atoms with Crippen LogP contribution in [0.25, 0.3) is 0 Å². The van der Waals surface area contributed by atoms with Crippen molar-refractivity contribution in [2.45, 2.75) is 33.1 Å². The van der Waals surface area contributed by atoms with Gasteiger partial charge in [0.2, 0.25) is 11.8 Å². The van der Waals surface area contributed by atoms with E-state index in [9.17, 15) is 9.59 Å². The van der Waals surface area contributed by atoms with Gasteiger partial charge in [0.05, 0.1) is 6.54 Å². The lowest BCUT2D eigenvalue weighted by molar-refractivity contribution is -0.146. The second kappa shape index (κ2) is 5.90. The number of nitrogens with one attached hydrogen (secondary N) is 2. The van der Waals surface area contributed by atoms with E-state index in [-0.39, 0.29) is 18.4 Å². The fraction of sp³-hybridized carbons (Fsp3) is 0.857. The average Bonchev–Trinajstić information content (AvgIpc) is 2.63. The Labute approximate surface area is 115 Å². The fourth-order valence-corrected chi connectivity index (χ4v) is 3.03. The molecule has 0 saturated carbocycles. The molecule has 2 aliphatic heterocycles. The summed E-state index contributed by atoms with van der Waals surface area (Å²) in [7, 11) is 0. The van der Waals surface area contributed by atoms with Crippen molar-refractivity contribution in [1.29, 1.82) is 0 Å². The van der Waals surface area contributed by atoms with E-state index in [1.54, 1.807) is 4.90 Å². The molecule has 0 radical (unpaired) electrons. The van der Waals surface area contributed by atoms with Crippen molar-refractivity contribution in [3.63, 3.8) is 0 Å². The highest BCUT2D eigenvalue weighted by Gasteiger charge is 2.40. The molecule has 0 aromatic heterocycles. The number of rotatable bonds is 2. The molecule has 0 bridgehead atoms. The van der Waals surface area contributed by atoms with E-state index in [1.165, 1.54) is 0 Å². The van der Waals surface area contributed by atoms with Gasteiger partial charge in [0, 0.05) is 18.5 Å². The third-order valence-electron chi connectivity index (χ3n) is 4.42. The fourth-order valence-electron chi connectivity index (χ4n) is 3.03. The Hall–Kier alpha value is -1.10. The Morgan fingerprint density at radius 2 is 2.11 bits per heavy atom. The quantitative estimate of drug-likeness (QED) is 0.759. The molecule has 2 amide bonds. The van der Waals surface area contributed by atoms with Crippen LogP contribution in [0.1, 0.15) is 33.1 Å². The monoisotopic (exact) mass is 267 g/mol. The summed E-state index contributed by atoms with van der Waals surface area (Å²) in [6.07, 6.45) is 3.06. The van der Waals surface area contributed by atoms with Gasteiger partial charge in [0.15, 0.2) is 0 Å². The first-order valence-electron chi connectivity index (χ1n) is 7.28. The van der Waals surface area contributed by atoms with E-state index < -0.39 is 5.41 Å². The molecule has 5 nitrogen and oxygen atoms in total. The first-order chi connectivity index (χ1) is 9.01. The van der Waals surface area contributed by atoms with Crippen LogP contribution in [-0.2, 0) is 9.59 Å². The van der Waals surface area contributed by atoms with Gasteiger partial charge in [-0.25, -0.2) is 0 Å². The zero-order valence-electron chi connectivity index (χ0n) is 12.0. The Balaban J connectivity index is 2.05. The van der Waals surface area contributed by atoms with Crippen LogP contribution in [-0.4, -0.2) is 49.4 Å². The average molecular weight is 267 g/mol. The van der Waals surface area contributed by atoms with E-state index in [0.29, 0.717) is 19.0 Å². The molecule has 2 heterocycles. The summed E-state index contributed by atoms with van der Waals surface area (Å²) in [5.41, 5.74) is -0.391. The first-order valence-corrected chi connectivity index (χ1v) is 7.28. The maximum Gasteiger partial charge on any atom is 0.239 e. The lowest BCUT2D eigenvalue weighted by Crippen LogP contribution is -2.50. The van der Waals surface area contributed by atoms with Crippen molar-refractivity contribution in [1.82, 2.24) is 15.5 Å². The second-order valence-electron chi connectivity index (χ2n) is 6.20. The first kappa shape index (κ1) is 14.3. The van der Waals surface area contributed by atoms with Gasteiger partial charge in [-0.2, -0.15) is 0 Å². The van der Waals surface area contributed by atoms with Crippen LogP contribution in [0.5, 0.6) is 0 Å². The van der Waals surface area contributed by atoms with Crippen molar-refractivity contribution in [3.05, 3.63) is 0 Å². The van der Waals surface area contributed by atoms with Crippen LogP contribution >= 0.6 is 0 Å². The summed E-state index contributed by atoms with van der Waals surface area (Å²) in [6, 6.07) is 0. The Kier molecular flexibility index (Phi) is 4.45. The van der Waals surface area contributed by atoms with Crippen molar-refractivity contribution < 1.29 is 9.59 Å². The van der Waals surface area contributed by atoms with E-state index in [4.69, 9.17) is 0 Å². The van der Waals surface area contributed by atoms with E-state index in [1.807, 2.05) is 13.8 Å². The molecule has 2 N–H and O–H groups in total. The zero-order valence-corrected chi connectivity index (χ0v) is 12.0. The van der Waals surface area contributed by atoms with Crippen LogP contribution < -0.4 is 10.6 Å². The van der Waals surface area contributed by atoms with Gasteiger partial charge >= 0.3 is 0 Å². The van der Waals surface area contributed by atoms with Crippen LogP contribution in [0.15, 0.2) is 0 Å². The van der Waals surface area contributed by atoms with Crippen LogP contribution in [0.2, 0.25) is 0 Å². The van der Waals surface area contributed by atoms with E-state index in [0.717, 1.165) is 32.4 Å². The largest absolute Gasteiger partial charge is 0.354 e.